The van der Waals surface area contributed by atoms with Gasteiger partial charge in [0.25, 0.3) is 0 Å². The molecule has 31 heavy (non-hydrogen) atoms. The van der Waals surface area contributed by atoms with Gasteiger partial charge < -0.3 is 14.9 Å². The summed E-state index contributed by atoms with van der Waals surface area (Å²) in [6.45, 7) is 1.87. The van der Waals surface area contributed by atoms with Crippen LogP contribution in [0.4, 0.5) is 5.69 Å². The molecule has 0 amide bonds. The molecule has 7 heteroatoms. The molecule has 160 valence electrons. The van der Waals surface area contributed by atoms with Gasteiger partial charge in [-0.05, 0) is 35.9 Å². The van der Waals surface area contributed by atoms with E-state index in [0.29, 0.717) is 21.6 Å². The van der Waals surface area contributed by atoms with Crippen molar-refractivity contribution in [3.05, 3.63) is 99.0 Å². The molecule has 1 aliphatic heterocycles. The van der Waals surface area contributed by atoms with E-state index in [1.807, 2.05) is 66.7 Å². The van der Waals surface area contributed by atoms with Crippen molar-refractivity contribution in [1.82, 2.24) is 4.90 Å². The molecule has 1 aliphatic rings. The Kier molecular flexibility index (Phi) is 7.03. The minimum atomic E-state index is -0.265. The average molecular weight is 475 g/mol. The van der Waals surface area contributed by atoms with Crippen molar-refractivity contribution in [1.29, 1.82) is 0 Å². The Morgan fingerprint density at radius 1 is 0.903 bits per heavy atom. The van der Waals surface area contributed by atoms with E-state index in [1.54, 1.807) is 6.07 Å². The van der Waals surface area contributed by atoms with Crippen LogP contribution in [0.15, 0.2) is 77.8 Å². The van der Waals surface area contributed by atoms with Gasteiger partial charge in [-0.1, -0.05) is 77.3 Å². The van der Waals surface area contributed by atoms with E-state index in [0.717, 1.165) is 35.7 Å². The van der Waals surface area contributed by atoms with Crippen molar-refractivity contribution in [3.63, 3.8) is 0 Å². The molecule has 0 aliphatic carbocycles. The topological polar surface area (TPSA) is 39.1 Å². The lowest BCUT2D eigenvalue weighted by Gasteiger charge is -2.44. The molecular weight excluding hydrogens is 453 g/mol. The zero-order valence-electron chi connectivity index (χ0n) is 16.8. The zero-order valence-corrected chi connectivity index (χ0v) is 19.0. The van der Waals surface area contributed by atoms with Crippen molar-refractivity contribution in [2.75, 3.05) is 31.3 Å². The summed E-state index contributed by atoms with van der Waals surface area (Å²) in [4.78, 5) is 8.91. The highest BCUT2D eigenvalue weighted by atomic mass is 35.5. The number of hydrogen-bond acceptors (Lipinski definition) is 3. The summed E-state index contributed by atoms with van der Waals surface area (Å²) in [5.74, 6) is 0.781. The zero-order chi connectivity index (χ0) is 21.8. The number of aliphatic hydroxyl groups is 1. The summed E-state index contributed by atoms with van der Waals surface area (Å²) in [5.41, 5.74) is 3.03. The van der Waals surface area contributed by atoms with E-state index in [2.05, 4.69) is 14.8 Å². The van der Waals surface area contributed by atoms with Gasteiger partial charge in [0.1, 0.15) is 12.6 Å². The van der Waals surface area contributed by atoms with Crippen LogP contribution in [0.5, 0.6) is 0 Å². The molecule has 0 saturated carbocycles. The summed E-state index contributed by atoms with van der Waals surface area (Å²) in [6.07, 6.45) is 0. The molecule has 0 spiro atoms. The van der Waals surface area contributed by atoms with Gasteiger partial charge in [0.15, 0.2) is 0 Å². The number of piperazine rings is 1. The number of rotatable bonds is 4. The fourth-order valence-electron chi connectivity index (χ4n) is 3.98. The number of anilines is 1. The first-order valence-electron chi connectivity index (χ1n) is 9.99. The standard InChI is InChI=1S/C24H22Cl3N3O/c25-19-8-6-17(7-9-19)23-15-29(24(28-16-31)18-4-2-1-3-5-18)12-13-30(23)22-11-10-20(26)14-21(22)27/h1-11,14,23,31H,12-13,15-16H2/b28-24-. The second kappa shape index (κ2) is 9.92. The molecule has 1 heterocycles. The van der Waals surface area contributed by atoms with Gasteiger partial charge in [-0.15, -0.1) is 0 Å². The molecule has 1 unspecified atom stereocenters. The van der Waals surface area contributed by atoms with Crippen molar-refractivity contribution in [2.24, 2.45) is 4.99 Å². The van der Waals surface area contributed by atoms with Crippen LogP contribution in [-0.2, 0) is 0 Å². The molecule has 1 saturated heterocycles. The SMILES string of the molecule is OC/N=C(/c1ccccc1)N1CCN(c2ccc(Cl)cc2Cl)C(c2ccc(Cl)cc2)C1. The van der Waals surface area contributed by atoms with Crippen LogP contribution in [-0.4, -0.2) is 42.2 Å². The smallest absolute Gasteiger partial charge is 0.136 e. The average Bonchev–Trinajstić information content (AvgIpc) is 2.78. The molecule has 0 radical (unpaired) electrons. The molecule has 4 nitrogen and oxygen atoms in total. The van der Waals surface area contributed by atoms with Crippen LogP contribution in [0.2, 0.25) is 15.1 Å². The summed E-state index contributed by atoms with van der Waals surface area (Å²) >= 11 is 18.8. The van der Waals surface area contributed by atoms with Crippen molar-refractivity contribution in [3.8, 4) is 0 Å². The first-order chi connectivity index (χ1) is 15.1. The Balaban J connectivity index is 1.71. The second-order valence-electron chi connectivity index (χ2n) is 7.29. The maximum atomic E-state index is 9.57. The summed E-state index contributed by atoms with van der Waals surface area (Å²) in [5, 5.41) is 11.5. The van der Waals surface area contributed by atoms with Crippen molar-refractivity contribution < 1.29 is 5.11 Å². The quantitative estimate of drug-likeness (QED) is 0.377. The third-order valence-electron chi connectivity index (χ3n) is 5.41. The Bertz CT molecular complexity index is 1060. The predicted octanol–water partition coefficient (Wildman–Crippen LogP) is 5.91. The number of benzene rings is 3. The lowest BCUT2D eigenvalue weighted by Crippen LogP contribution is -2.51. The molecule has 4 rings (SSSR count). The van der Waals surface area contributed by atoms with Gasteiger partial charge in [0.05, 0.1) is 16.8 Å². The predicted molar refractivity (Wildman–Crippen MR) is 130 cm³/mol. The fraction of sp³-hybridized carbons (Fsp3) is 0.208. The van der Waals surface area contributed by atoms with E-state index in [-0.39, 0.29) is 12.8 Å². The van der Waals surface area contributed by atoms with E-state index < -0.39 is 0 Å². The number of aliphatic hydroxyl groups excluding tert-OH is 1. The summed E-state index contributed by atoms with van der Waals surface area (Å²) < 4.78 is 0. The van der Waals surface area contributed by atoms with Crippen LogP contribution in [0, 0.1) is 0 Å². The van der Waals surface area contributed by atoms with Crippen molar-refractivity contribution in [2.45, 2.75) is 6.04 Å². The van der Waals surface area contributed by atoms with Crippen LogP contribution in [0.1, 0.15) is 17.2 Å². The molecule has 0 bridgehead atoms. The Hall–Kier alpha value is -2.24. The highest BCUT2D eigenvalue weighted by molar-refractivity contribution is 6.36. The van der Waals surface area contributed by atoms with Gasteiger partial charge in [0.2, 0.25) is 0 Å². The Labute approximate surface area is 197 Å². The van der Waals surface area contributed by atoms with Crippen LogP contribution >= 0.6 is 34.8 Å². The summed E-state index contributed by atoms with van der Waals surface area (Å²) in [7, 11) is 0. The van der Waals surface area contributed by atoms with Gasteiger partial charge >= 0.3 is 0 Å². The van der Waals surface area contributed by atoms with Gasteiger partial charge in [-0.25, -0.2) is 4.99 Å². The van der Waals surface area contributed by atoms with E-state index >= 15 is 0 Å². The molecule has 3 aromatic carbocycles. The fourth-order valence-corrected chi connectivity index (χ4v) is 4.62. The first-order valence-corrected chi connectivity index (χ1v) is 11.1. The lowest BCUT2D eigenvalue weighted by atomic mass is 10.0. The highest BCUT2D eigenvalue weighted by Crippen LogP contribution is 2.37. The molecular formula is C24H22Cl3N3O. The number of hydrogen-bond donors (Lipinski definition) is 1. The number of amidine groups is 1. The Morgan fingerprint density at radius 3 is 2.29 bits per heavy atom. The monoisotopic (exact) mass is 473 g/mol. The van der Waals surface area contributed by atoms with Gasteiger partial charge in [-0.3, -0.25) is 0 Å². The minimum Gasteiger partial charge on any atom is -0.374 e. The van der Waals surface area contributed by atoms with E-state index in [1.165, 1.54) is 0 Å². The third-order valence-corrected chi connectivity index (χ3v) is 6.20. The second-order valence-corrected chi connectivity index (χ2v) is 8.57. The van der Waals surface area contributed by atoms with Crippen LogP contribution in [0.3, 0.4) is 0 Å². The Morgan fingerprint density at radius 2 is 1.61 bits per heavy atom. The van der Waals surface area contributed by atoms with Crippen LogP contribution < -0.4 is 4.90 Å². The first kappa shape index (κ1) is 22.0. The highest BCUT2D eigenvalue weighted by Gasteiger charge is 2.31. The maximum absolute atomic E-state index is 9.57. The number of halogens is 3. The minimum absolute atomic E-state index is 0.0114. The lowest BCUT2D eigenvalue weighted by molar-refractivity contribution is 0.296. The largest absolute Gasteiger partial charge is 0.374 e. The number of aliphatic imine (C=N–C) groups is 1. The normalized spacial score (nSPS) is 17.2. The molecule has 1 fully saturated rings. The molecule has 0 aromatic heterocycles. The van der Waals surface area contributed by atoms with Gasteiger partial charge in [0, 0.05) is 35.2 Å². The maximum Gasteiger partial charge on any atom is 0.136 e. The van der Waals surface area contributed by atoms with Crippen LogP contribution in [0.25, 0.3) is 0 Å². The molecule has 1 atom stereocenters. The summed E-state index contributed by atoms with van der Waals surface area (Å²) in [6, 6.07) is 23.4. The number of nitrogens with zero attached hydrogens (tertiary/aromatic N) is 3. The van der Waals surface area contributed by atoms with Gasteiger partial charge in [-0.2, -0.15) is 0 Å². The van der Waals surface area contributed by atoms with E-state index in [9.17, 15) is 5.11 Å². The molecule has 1 N–H and O–H groups in total. The third kappa shape index (κ3) is 4.99. The van der Waals surface area contributed by atoms with E-state index in [4.69, 9.17) is 34.8 Å². The van der Waals surface area contributed by atoms with Crippen molar-refractivity contribution >= 4 is 46.3 Å². The molecule has 3 aromatic rings.